The van der Waals surface area contributed by atoms with Crippen LogP contribution in [0.4, 0.5) is 0 Å². The molecule has 1 N–H and O–H groups in total. The van der Waals surface area contributed by atoms with Gasteiger partial charge in [-0.3, -0.25) is 0 Å². The van der Waals surface area contributed by atoms with Crippen molar-refractivity contribution >= 4 is 0 Å². The Morgan fingerprint density at radius 3 is 2.92 bits per heavy atom. The highest BCUT2D eigenvalue weighted by Crippen LogP contribution is 2.30. The Bertz CT molecular complexity index is 363. The number of nitrogens with zero attached hydrogens (tertiary/aromatic N) is 1. The van der Waals surface area contributed by atoms with Crippen LogP contribution in [0, 0.1) is 11.3 Å². The molecule has 1 aliphatic rings. The fourth-order valence-corrected chi connectivity index (χ4v) is 1.78. The second-order valence-corrected chi connectivity index (χ2v) is 3.06. The molecule has 0 atom stereocenters. The smallest absolute Gasteiger partial charge is 0.133 e. The highest BCUT2D eigenvalue weighted by molar-refractivity contribution is 5.53. The number of aryl methyl sites for hydroxylation is 1. The quantitative estimate of drug-likeness (QED) is 0.626. The first-order chi connectivity index (χ1) is 5.83. The van der Waals surface area contributed by atoms with E-state index in [1.165, 1.54) is 5.56 Å². The molecular weight excluding hydrogens is 150 g/mol. The molecule has 0 aliphatic heterocycles. The molecule has 0 fully saturated rings. The van der Waals surface area contributed by atoms with Gasteiger partial charge in [0.1, 0.15) is 11.8 Å². The number of hydrogen-bond donors (Lipinski definition) is 1. The van der Waals surface area contributed by atoms with Crippen LogP contribution in [0.15, 0.2) is 12.1 Å². The second kappa shape index (κ2) is 2.53. The Morgan fingerprint density at radius 2 is 2.17 bits per heavy atom. The zero-order chi connectivity index (χ0) is 8.55. The van der Waals surface area contributed by atoms with E-state index in [2.05, 4.69) is 0 Å². The summed E-state index contributed by atoms with van der Waals surface area (Å²) in [6.45, 7) is 0. The third kappa shape index (κ3) is 0.868. The van der Waals surface area contributed by atoms with Gasteiger partial charge in [0.15, 0.2) is 0 Å². The lowest BCUT2D eigenvalue weighted by Crippen LogP contribution is -1.88. The minimum atomic E-state index is 0.123. The SMILES string of the molecule is N#Cc1c(O)ccc2c1CCC2. The van der Waals surface area contributed by atoms with E-state index in [1.54, 1.807) is 6.07 Å². The van der Waals surface area contributed by atoms with Crippen LogP contribution < -0.4 is 0 Å². The highest BCUT2D eigenvalue weighted by Gasteiger charge is 2.16. The van der Waals surface area contributed by atoms with Crippen LogP contribution in [-0.4, -0.2) is 5.11 Å². The zero-order valence-corrected chi connectivity index (χ0v) is 6.67. The normalized spacial score (nSPS) is 13.9. The summed E-state index contributed by atoms with van der Waals surface area (Å²) < 4.78 is 0. The Balaban J connectivity index is 2.67. The topological polar surface area (TPSA) is 44.0 Å². The maximum atomic E-state index is 9.35. The van der Waals surface area contributed by atoms with Crippen LogP contribution >= 0.6 is 0 Å². The molecule has 2 rings (SSSR count). The van der Waals surface area contributed by atoms with E-state index in [4.69, 9.17) is 5.26 Å². The van der Waals surface area contributed by atoms with Crippen molar-refractivity contribution in [1.29, 1.82) is 5.26 Å². The van der Waals surface area contributed by atoms with Crippen LogP contribution in [0.25, 0.3) is 0 Å². The zero-order valence-electron chi connectivity index (χ0n) is 6.67. The number of nitriles is 1. The minimum absolute atomic E-state index is 0.123. The summed E-state index contributed by atoms with van der Waals surface area (Å²) >= 11 is 0. The average Bonchev–Trinajstić information content (AvgIpc) is 2.52. The van der Waals surface area contributed by atoms with Gasteiger partial charge >= 0.3 is 0 Å². The van der Waals surface area contributed by atoms with Crippen molar-refractivity contribution in [1.82, 2.24) is 0 Å². The summed E-state index contributed by atoms with van der Waals surface area (Å²) in [5.74, 6) is 0.123. The van der Waals surface area contributed by atoms with Crippen molar-refractivity contribution in [2.24, 2.45) is 0 Å². The van der Waals surface area contributed by atoms with Gasteiger partial charge in [-0.25, -0.2) is 0 Å². The first-order valence-corrected chi connectivity index (χ1v) is 4.07. The van der Waals surface area contributed by atoms with Crippen LogP contribution in [0.2, 0.25) is 0 Å². The fraction of sp³-hybridized carbons (Fsp3) is 0.300. The van der Waals surface area contributed by atoms with Crippen LogP contribution in [0.5, 0.6) is 5.75 Å². The number of fused-ring (bicyclic) bond motifs is 1. The fourth-order valence-electron chi connectivity index (χ4n) is 1.78. The monoisotopic (exact) mass is 159 g/mol. The molecule has 2 nitrogen and oxygen atoms in total. The number of aromatic hydroxyl groups is 1. The number of hydrogen-bond acceptors (Lipinski definition) is 2. The maximum Gasteiger partial charge on any atom is 0.133 e. The molecule has 1 aliphatic carbocycles. The van der Waals surface area contributed by atoms with Crippen molar-refractivity contribution in [3.05, 3.63) is 28.8 Å². The summed E-state index contributed by atoms with van der Waals surface area (Å²) in [6, 6.07) is 5.57. The largest absolute Gasteiger partial charge is 0.507 e. The molecular formula is C10H9NO. The predicted molar refractivity (Wildman–Crippen MR) is 44.8 cm³/mol. The number of phenolic OH excluding ortho intramolecular Hbond substituents is 1. The van der Waals surface area contributed by atoms with Gasteiger partial charge in [0.25, 0.3) is 0 Å². The molecule has 2 heteroatoms. The van der Waals surface area contributed by atoms with Crippen LogP contribution in [0.1, 0.15) is 23.1 Å². The second-order valence-electron chi connectivity index (χ2n) is 3.06. The third-order valence-corrected chi connectivity index (χ3v) is 2.37. The number of rotatable bonds is 0. The summed E-state index contributed by atoms with van der Waals surface area (Å²) in [7, 11) is 0. The van der Waals surface area contributed by atoms with Gasteiger partial charge in [-0.05, 0) is 36.5 Å². The Labute approximate surface area is 71.1 Å². The van der Waals surface area contributed by atoms with Crippen LogP contribution in [-0.2, 0) is 12.8 Å². The van der Waals surface area contributed by atoms with Crippen molar-refractivity contribution in [2.75, 3.05) is 0 Å². The predicted octanol–water partition coefficient (Wildman–Crippen LogP) is 1.75. The number of benzene rings is 1. The molecule has 0 radical (unpaired) electrons. The molecule has 12 heavy (non-hydrogen) atoms. The first kappa shape index (κ1) is 7.17. The molecule has 0 unspecified atom stereocenters. The van der Waals surface area contributed by atoms with E-state index < -0.39 is 0 Å². The van der Waals surface area contributed by atoms with E-state index in [0.717, 1.165) is 24.8 Å². The molecule has 0 bridgehead atoms. The van der Waals surface area contributed by atoms with Gasteiger partial charge in [-0.1, -0.05) is 6.07 Å². The Kier molecular flexibility index (Phi) is 1.51. The lowest BCUT2D eigenvalue weighted by molar-refractivity contribution is 0.473. The van der Waals surface area contributed by atoms with E-state index in [1.807, 2.05) is 12.1 Å². The molecule has 0 amide bonds. The Hall–Kier alpha value is -1.49. The van der Waals surface area contributed by atoms with Gasteiger partial charge < -0.3 is 5.11 Å². The van der Waals surface area contributed by atoms with E-state index in [0.29, 0.717) is 5.56 Å². The molecule has 0 saturated heterocycles. The molecule has 0 aromatic heterocycles. The molecule has 0 spiro atoms. The van der Waals surface area contributed by atoms with Gasteiger partial charge in [0.05, 0.1) is 5.56 Å². The van der Waals surface area contributed by atoms with Crippen molar-refractivity contribution in [3.63, 3.8) is 0 Å². The summed E-state index contributed by atoms with van der Waals surface area (Å²) in [5.41, 5.74) is 2.76. The van der Waals surface area contributed by atoms with Gasteiger partial charge in [0, 0.05) is 0 Å². The third-order valence-electron chi connectivity index (χ3n) is 2.37. The summed E-state index contributed by atoms with van der Waals surface area (Å²) in [6.07, 6.45) is 3.09. The molecule has 1 aromatic carbocycles. The van der Waals surface area contributed by atoms with Crippen molar-refractivity contribution < 1.29 is 5.11 Å². The molecule has 0 heterocycles. The van der Waals surface area contributed by atoms with E-state index in [9.17, 15) is 5.11 Å². The average molecular weight is 159 g/mol. The van der Waals surface area contributed by atoms with E-state index >= 15 is 0 Å². The number of phenols is 1. The van der Waals surface area contributed by atoms with Gasteiger partial charge in [-0.2, -0.15) is 5.26 Å². The molecule has 0 saturated carbocycles. The van der Waals surface area contributed by atoms with Gasteiger partial charge in [0.2, 0.25) is 0 Å². The lowest BCUT2D eigenvalue weighted by Gasteiger charge is -2.02. The van der Waals surface area contributed by atoms with Crippen molar-refractivity contribution in [2.45, 2.75) is 19.3 Å². The first-order valence-electron chi connectivity index (χ1n) is 4.07. The van der Waals surface area contributed by atoms with Crippen molar-refractivity contribution in [3.8, 4) is 11.8 Å². The van der Waals surface area contributed by atoms with Gasteiger partial charge in [-0.15, -0.1) is 0 Å². The molecule has 60 valence electrons. The summed E-state index contributed by atoms with van der Waals surface area (Å²) in [5, 5.41) is 18.1. The summed E-state index contributed by atoms with van der Waals surface area (Å²) in [4.78, 5) is 0. The van der Waals surface area contributed by atoms with Crippen LogP contribution in [0.3, 0.4) is 0 Å². The highest BCUT2D eigenvalue weighted by atomic mass is 16.3. The Morgan fingerprint density at radius 1 is 1.33 bits per heavy atom. The standard InChI is InChI=1S/C10H9NO/c11-6-9-8-3-1-2-7(8)4-5-10(9)12/h4-5,12H,1-3H2. The maximum absolute atomic E-state index is 9.35. The lowest BCUT2D eigenvalue weighted by atomic mass is 10.0. The minimum Gasteiger partial charge on any atom is -0.507 e. The van der Waals surface area contributed by atoms with E-state index in [-0.39, 0.29) is 5.75 Å². The molecule has 1 aromatic rings.